The molecule has 104 valence electrons. The third kappa shape index (κ3) is 74.4. The van der Waals surface area contributed by atoms with Crippen LogP contribution in [0, 0.1) is 0 Å². The zero-order valence-electron chi connectivity index (χ0n) is 7.73. The van der Waals surface area contributed by atoms with Gasteiger partial charge in [-0.25, -0.2) is 9.13 Å². The minimum Gasteiger partial charge on any atom is -0.790 e. The smallest absolute Gasteiger partial charge is 0.790 e. The second-order valence-corrected chi connectivity index (χ2v) is 5.08. The molecule has 0 aromatic rings. The van der Waals surface area contributed by atoms with E-state index in [1.165, 1.54) is 0 Å². The zero-order chi connectivity index (χ0) is 12.2. The molecule has 0 saturated carbocycles. The molecule has 0 aromatic heterocycles. The first-order chi connectivity index (χ1) is 5.71. The van der Waals surface area contributed by atoms with E-state index < -0.39 is 23.5 Å². The number of hydrogen-bond acceptors (Lipinski definition) is 6. The first-order valence-corrected chi connectivity index (χ1v) is 6.83. The maximum Gasteiger partial charge on any atom is 2.00 e. The SMILES string of the molecule is O.O.O=P(O)(O)OP(=O)(O)O.O=P([O-])([O-])O.[Ca+2]. The molecule has 0 fully saturated rings. The largest absolute Gasteiger partial charge is 2.00 e. The summed E-state index contributed by atoms with van der Waals surface area (Å²) in [6, 6.07) is 0. The van der Waals surface area contributed by atoms with E-state index in [9.17, 15) is 9.13 Å². The van der Waals surface area contributed by atoms with Crippen LogP contribution in [0.25, 0.3) is 0 Å². The molecule has 0 aromatic carbocycles. The molecule has 0 spiro atoms. The van der Waals surface area contributed by atoms with Crippen LogP contribution in [0.15, 0.2) is 0 Å². The van der Waals surface area contributed by atoms with E-state index in [2.05, 4.69) is 4.31 Å². The summed E-state index contributed by atoms with van der Waals surface area (Å²) in [6.45, 7) is 0. The van der Waals surface area contributed by atoms with Crippen LogP contribution < -0.4 is 9.79 Å². The molecule has 0 radical (unpaired) electrons. The fourth-order valence-electron chi connectivity index (χ4n) is 0.139. The molecule has 0 amide bonds. The topological polar surface area (TPSA) is 271 Å². The molecule has 9 N–H and O–H groups in total. The molecule has 13 nitrogen and oxygen atoms in total. The molecule has 0 heterocycles. The van der Waals surface area contributed by atoms with Gasteiger partial charge in [0.2, 0.25) is 0 Å². The van der Waals surface area contributed by atoms with Crippen LogP contribution in [0.2, 0.25) is 0 Å². The van der Waals surface area contributed by atoms with E-state index in [1.807, 2.05) is 0 Å². The molecular formula is H9CaO13P3. The Morgan fingerprint density at radius 2 is 0.882 bits per heavy atom. The number of hydrogen-bond donors (Lipinski definition) is 5. The van der Waals surface area contributed by atoms with Gasteiger partial charge < -0.3 is 49.8 Å². The maximum absolute atomic E-state index is 9.63. The van der Waals surface area contributed by atoms with Gasteiger partial charge in [0.1, 0.15) is 0 Å². The van der Waals surface area contributed by atoms with Crippen molar-refractivity contribution in [3.8, 4) is 0 Å². The van der Waals surface area contributed by atoms with Crippen molar-refractivity contribution >= 4 is 61.2 Å². The Balaban J connectivity index is -0.0000000533. The predicted molar refractivity (Wildman–Crippen MR) is 48.0 cm³/mol. The van der Waals surface area contributed by atoms with Crippen molar-refractivity contribution in [1.29, 1.82) is 0 Å². The Labute approximate surface area is 124 Å². The molecule has 0 aliphatic rings. The molecule has 0 saturated heterocycles. The standard InChI is InChI=1S/Ca.H4O7P2.H3O4P.2H2O/c;1-8(2,3)7-9(4,5)6;1-5(2,3)4;;/h;(H2,1,2,3)(H2,4,5,6);(H3,1,2,3,4);2*1H2/q+2;;;;/p-2. The normalized spacial score (nSPS) is 10.8. The Kier molecular flexibility index (Phi) is 20.8. The van der Waals surface area contributed by atoms with Crippen LogP contribution in [0.5, 0.6) is 0 Å². The minimum atomic E-state index is -5.14. The van der Waals surface area contributed by atoms with Crippen LogP contribution in [0.3, 0.4) is 0 Å². The van der Waals surface area contributed by atoms with Gasteiger partial charge >= 0.3 is 53.4 Å². The average molecular weight is 350 g/mol. The maximum atomic E-state index is 9.63. The summed E-state index contributed by atoms with van der Waals surface area (Å²) in [5.41, 5.74) is 0. The van der Waals surface area contributed by atoms with Crippen molar-refractivity contribution in [2.45, 2.75) is 0 Å². The summed E-state index contributed by atoms with van der Waals surface area (Å²) in [4.78, 5) is 55.3. The van der Waals surface area contributed by atoms with Gasteiger partial charge in [-0.1, -0.05) is 0 Å². The molecule has 0 atom stereocenters. The molecule has 0 aliphatic heterocycles. The van der Waals surface area contributed by atoms with Crippen molar-refractivity contribution in [1.82, 2.24) is 0 Å². The Morgan fingerprint density at radius 1 is 0.765 bits per heavy atom. The van der Waals surface area contributed by atoms with Crippen LogP contribution in [-0.4, -0.2) is 73.2 Å². The first-order valence-electron chi connectivity index (χ1n) is 2.28. The Hall–Kier alpha value is 1.55. The summed E-state index contributed by atoms with van der Waals surface area (Å²) >= 11 is 0. The third-order valence-corrected chi connectivity index (χ3v) is 1.91. The van der Waals surface area contributed by atoms with Gasteiger partial charge in [-0.3, -0.25) is 0 Å². The predicted octanol–water partition coefficient (Wildman–Crippen LogP) is -5.03. The molecule has 0 aliphatic carbocycles. The average Bonchev–Trinajstić information content (AvgIpc) is 1.42. The van der Waals surface area contributed by atoms with E-state index in [-0.39, 0.29) is 48.7 Å². The van der Waals surface area contributed by atoms with Crippen LogP contribution >= 0.6 is 23.5 Å². The third-order valence-electron chi connectivity index (χ3n) is 0.213. The number of rotatable bonds is 2. The van der Waals surface area contributed by atoms with E-state index >= 15 is 0 Å². The second-order valence-electron chi connectivity index (χ2n) is 1.53. The fourth-order valence-corrected chi connectivity index (χ4v) is 1.25. The second kappa shape index (κ2) is 11.4. The number of phosphoric acid groups is 3. The van der Waals surface area contributed by atoms with Crippen molar-refractivity contribution in [3.63, 3.8) is 0 Å². The summed E-state index contributed by atoms with van der Waals surface area (Å²) in [5, 5.41) is 0. The monoisotopic (exact) mass is 350 g/mol. The zero-order valence-corrected chi connectivity index (χ0v) is 12.6. The summed E-state index contributed by atoms with van der Waals surface area (Å²) in [7, 11) is -15.2. The van der Waals surface area contributed by atoms with Crippen LogP contribution in [0.1, 0.15) is 0 Å². The van der Waals surface area contributed by atoms with Crippen LogP contribution in [0.4, 0.5) is 0 Å². The van der Waals surface area contributed by atoms with Crippen LogP contribution in [-0.2, 0) is 18.0 Å². The summed E-state index contributed by atoms with van der Waals surface area (Å²) < 4.78 is 30.9. The van der Waals surface area contributed by atoms with Gasteiger partial charge in [-0.05, 0) is 0 Å². The summed E-state index contributed by atoms with van der Waals surface area (Å²) in [6.07, 6.45) is 0. The van der Waals surface area contributed by atoms with Gasteiger partial charge in [0.05, 0.1) is 7.82 Å². The fraction of sp³-hybridized carbons (Fsp3) is 0. The molecule has 0 bridgehead atoms. The van der Waals surface area contributed by atoms with E-state index in [0.29, 0.717) is 0 Å². The van der Waals surface area contributed by atoms with Gasteiger partial charge in [0, 0.05) is 0 Å². The van der Waals surface area contributed by atoms with Gasteiger partial charge in [0.15, 0.2) is 0 Å². The van der Waals surface area contributed by atoms with Crippen molar-refractivity contribution in [2.24, 2.45) is 0 Å². The summed E-state index contributed by atoms with van der Waals surface area (Å²) in [5.74, 6) is 0. The molecule has 0 unspecified atom stereocenters. The van der Waals surface area contributed by atoms with E-state index in [0.717, 1.165) is 0 Å². The van der Waals surface area contributed by atoms with E-state index in [4.69, 9.17) is 38.8 Å². The van der Waals surface area contributed by atoms with Crippen molar-refractivity contribution in [2.75, 3.05) is 0 Å². The van der Waals surface area contributed by atoms with Gasteiger partial charge in [-0.2, -0.15) is 4.31 Å². The molecular weight excluding hydrogens is 341 g/mol. The minimum absolute atomic E-state index is 0. The first kappa shape index (κ1) is 31.1. The molecule has 17 heavy (non-hydrogen) atoms. The van der Waals surface area contributed by atoms with Crippen molar-refractivity contribution in [3.05, 3.63) is 0 Å². The molecule has 17 heteroatoms. The van der Waals surface area contributed by atoms with Crippen molar-refractivity contribution < 1.29 is 63.2 Å². The van der Waals surface area contributed by atoms with Gasteiger partial charge in [-0.15, -0.1) is 0 Å². The Bertz CT molecular complexity index is 260. The van der Waals surface area contributed by atoms with E-state index in [1.54, 1.807) is 0 Å². The quantitative estimate of drug-likeness (QED) is 0.232. The Morgan fingerprint density at radius 3 is 0.882 bits per heavy atom. The molecule has 0 rings (SSSR count). The van der Waals surface area contributed by atoms with Gasteiger partial charge in [0.25, 0.3) is 0 Å².